The van der Waals surface area contributed by atoms with Gasteiger partial charge in [0, 0.05) is 12.2 Å². The highest BCUT2D eigenvalue weighted by Gasteiger charge is 2.23. The first-order valence-corrected chi connectivity index (χ1v) is 7.60. The van der Waals surface area contributed by atoms with E-state index in [1.54, 1.807) is 29.6 Å². The average molecular weight is 338 g/mol. The lowest BCUT2D eigenvalue weighted by atomic mass is 10.1. The Morgan fingerprint density at radius 2 is 1.96 bits per heavy atom. The summed E-state index contributed by atoms with van der Waals surface area (Å²) in [6, 6.07) is 2.03. The van der Waals surface area contributed by atoms with E-state index in [-0.39, 0.29) is 24.4 Å². The number of hydrogen-bond acceptors (Lipinski definition) is 4. The second-order valence-electron chi connectivity index (χ2n) is 5.72. The van der Waals surface area contributed by atoms with Crippen LogP contribution in [0.15, 0.2) is 24.7 Å². The van der Waals surface area contributed by atoms with Gasteiger partial charge in [0.05, 0.1) is 35.9 Å². The van der Waals surface area contributed by atoms with Gasteiger partial charge in [0.1, 0.15) is 0 Å². The van der Waals surface area contributed by atoms with E-state index < -0.39 is 0 Å². The number of carbonyl (C=O) groups is 1. The van der Waals surface area contributed by atoms with Crippen molar-refractivity contribution in [1.82, 2.24) is 20.0 Å². The van der Waals surface area contributed by atoms with Gasteiger partial charge in [0.2, 0.25) is 0 Å². The summed E-state index contributed by atoms with van der Waals surface area (Å²) in [4.78, 5) is 14.5. The van der Waals surface area contributed by atoms with Crippen LogP contribution in [0.3, 0.4) is 0 Å². The van der Waals surface area contributed by atoms with Crippen LogP contribution < -0.4 is 4.90 Å². The number of rotatable bonds is 5. The Bertz CT molecular complexity index is 641. The molecular weight excluding hydrogens is 314 g/mol. The Morgan fingerprint density at radius 1 is 1.26 bits per heavy atom. The Hall–Kier alpha value is -1.95. The van der Waals surface area contributed by atoms with E-state index in [9.17, 15) is 4.79 Å². The quantitative estimate of drug-likeness (QED) is 0.839. The van der Waals surface area contributed by atoms with E-state index in [1.165, 1.54) is 0 Å². The topological polar surface area (TPSA) is 63.9 Å². The smallest absolute Gasteiger partial charge is 0.261 e. The molecule has 0 spiro atoms. The fourth-order valence-corrected chi connectivity index (χ4v) is 2.36. The second kappa shape index (κ2) is 8.06. The highest BCUT2D eigenvalue weighted by molar-refractivity contribution is 6.06. The maximum absolute atomic E-state index is 12.8. The Labute approximate surface area is 143 Å². The third-order valence-electron chi connectivity index (χ3n) is 4.07. The van der Waals surface area contributed by atoms with Crippen LogP contribution in [0.25, 0.3) is 0 Å². The first-order valence-electron chi connectivity index (χ1n) is 7.60. The van der Waals surface area contributed by atoms with Crippen LogP contribution in [0.1, 0.15) is 49.8 Å². The molecule has 6 nitrogen and oxygen atoms in total. The van der Waals surface area contributed by atoms with Gasteiger partial charge in [-0.25, -0.2) is 0 Å². The molecule has 2 rings (SSSR count). The second-order valence-corrected chi connectivity index (χ2v) is 5.72. The summed E-state index contributed by atoms with van der Waals surface area (Å²) in [5, 5.41) is 12.0. The van der Waals surface area contributed by atoms with Gasteiger partial charge in [0.15, 0.2) is 0 Å². The van der Waals surface area contributed by atoms with E-state index in [1.807, 2.05) is 18.5 Å². The SMILES string of the molecule is CCN(C(=O)c1cnn(C(C)C(C)C)c1C)c1ccnnc1.Cl. The molecule has 0 N–H and O–H groups in total. The van der Waals surface area contributed by atoms with Crippen LogP contribution >= 0.6 is 12.4 Å². The van der Waals surface area contributed by atoms with Gasteiger partial charge in [-0.15, -0.1) is 12.4 Å². The van der Waals surface area contributed by atoms with E-state index in [0.717, 1.165) is 11.4 Å². The molecule has 0 aromatic carbocycles. The molecule has 0 saturated heterocycles. The number of anilines is 1. The lowest BCUT2D eigenvalue weighted by molar-refractivity contribution is 0.0987. The van der Waals surface area contributed by atoms with Crippen LogP contribution in [0.4, 0.5) is 5.69 Å². The number of hydrogen-bond donors (Lipinski definition) is 0. The lowest BCUT2D eigenvalue weighted by Crippen LogP contribution is -2.31. The minimum absolute atomic E-state index is 0. The molecule has 7 heteroatoms. The zero-order valence-corrected chi connectivity index (χ0v) is 15.0. The molecule has 0 saturated carbocycles. The highest BCUT2D eigenvalue weighted by atomic mass is 35.5. The third kappa shape index (κ3) is 3.88. The zero-order chi connectivity index (χ0) is 16.3. The Kier molecular flexibility index (Phi) is 6.69. The molecule has 2 aromatic rings. The molecule has 1 unspecified atom stereocenters. The summed E-state index contributed by atoms with van der Waals surface area (Å²) in [5.41, 5.74) is 2.27. The van der Waals surface area contributed by atoms with Crippen LogP contribution in [0.5, 0.6) is 0 Å². The number of carbonyl (C=O) groups excluding carboxylic acids is 1. The first kappa shape index (κ1) is 19.1. The van der Waals surface area contributed by atoms with Crippen molar-refractivity contribution in [3.63, 3.8) is 0 Å². The van der Waals surface area contributed by atoms with Crippen molar-refractivity contribution in [2.24, 2.45) is 5.92 Å². The average Bonchev–Trinajstić information content (AvgIpc) is 2.89. The lowest BCUT2D eigenvalue weighted by Gasteiger charge is -2.21. The molecule has 126 valence electrons. The van der Waals surface area contributed by atoms with Gasteiger partial charge in [-0.1, -0.05) is 13.8 Å². The molecule has 0 radical (unpaired) electrons. The molecule has 0 aliphatic rings. The van der Waals surface area contributed by atoms with Crippen LogP contribution in [0.2, 0.25) is 0 Å². The molecular formula is C16H24ClN5O. The van der Waals surface area contributed by atoms with Gasteiger partial charge in [-0.2, -0.15) is 15.3 Å². The van der Waals surface area contributed by atoms with Crippen molar-refractivity contribution in [3.8, 4) is 0 Å². The fraction of sp³-hybridized carbons (Fsp3) is 0.500. The van der Waals surface area contributed by atoms with Gasteiger partial charge in [-0.3, -0.25) is 9.48 Å². The predicted molar refractivity (Wildman–Crippen MR) is 93.1 cm³/mol. The predicted octanol–water partition coefficient (Wildman–Crippen LogP) is 3.29. The number of nitrogens with zero attached hydrogens (tertiary/aromatic N) is 5. The van der Waals surface area contributed by atoms with Crippen molar-refractivity contribution in [2.75, 3.05) is 11.4 Å². The first-order chi connectivity index (χ1) is 10.5. The van der Waals surface area contributed by atoms with Crippen molar-refractivity contribution in [3.05, 3.63) is 35.9 Å². The summed E-state index contributed by atoms with van der Waals surface area (Å²) >= 11 is 0. The van der Waals surface area contributed by atoms with Crippen molar-refractivity contribution in [2.45, 2.75) is 40.7 Å². The molecule has 2 aromatic heterocycles. The maximum Gasteiger partial charge on any atom is 0.261 e. The normalized spacial score (nSPS) is 11.9. The van der Waals surface area contributed by atoms with Gasteiger partial charge >= 0.3 is 0 Å². The van der Waals surface area contributed by atoms with Gasteiger partial charge in [-0.05, 0) is 32.8 Å². The summed E-state index contributed by atoms with van der Waals surface area (Å²) in [7, 11) is 0. The number of amides is 1. The molecule has 2 heterocycles. The molecule has 0 bridgehead atoms. The number of aromatic nitrogens is 4. The molecule has 23 heavy (non-hydrogen) atoms. The van der Waals surface area contributed by atoms with Crippen LogP contribution in [-0.2, 0) is 0 Å². The molecule has 0 aliphatic heterocycles. The van der Waals surface area contributed by atoms with E-state index in [0.29, 0.717) is 18.0 Å². The van der Waals surface area contributed by atoms with Gasteiger partial charge < -0.3 is 4.90 Å². The van der Waals surface area contributed by atoms with Crippen molar-refractivity contribution in [1.29, 1.82) is 0 Å². The summed E-state index contributed by atoms with van der Waals surface area (Å²) in [5.74, 6) is 0.392. The third-order valence-corrected chi connectivity index (χ3v) is 4.07. The largest absolute Gasteiger partial charge is 0.307 e. The van der Waals surface area contributed by atoms with Crippen LogP contribution in [0, 0.1) is 12.8 Å². The fourth-order valence-electron chi connectivity index (χ4n) is 2.36. The van der Waals surface area contributed by atoms with E-state index in [4.69, 9.17) is 0 Å². The minimum atomic E-state index is -0.0600. The summed E-state index contributed by atoms with van der Waals surface area (Å²) in [6.45, 7) is 10.9. The van der Waals surface area contributed by atoms with E-state index >= 15 is 0 Å². The maximum atomic E-state index is 12.8. The van der Waals surface area contributed by atoms with Crippen LogP contribution in [-0.4, -0.2) is 32.4 Å². The standard InChI is InChI=1S/C16H23N5O.ClH/c1-6-20(14-7-8-17-18-9-14)16(22)15-10-19-21(13(15)5)12(4)11(2)3;/h7-12H,6H2,1-5H3;1H. The van der Waals surface area contributed by atoms with Gasteiger partial charge in [0.25, 0.3) is 5.91 Å². The summed E-state index contributed by atoms with van der Waals surface area (Å²) < 4.78 is 1.93. The Morgan fingerprint density at radius 3 is 2.48 bits per heavy atom. The minimum Gasteiger partial charge on any atom is -0.307 e. The highest BCUT2D eigenvalue weighted by Crippen LogP contribution is 2.22. The summed E-state index contributed by atoms with van der Waals surface area (Å²) in [6.07, 6.45) is 4.84. The molecule has 1 atom stereocenters. The molecule has 0 fully saturated rings. The molecule has 1 amide bonds. The Balaban J connectivity index is 0.00000264. The van der Waals surface area contributed by atoms with E-state index in [2.05, 4.69) is 36.1 Å². The van der Waals surface area contributed by atoms with Crippen molar-refractivity contribution < 1.29 is 4.79 Å². The zero-order valence-electron chi connectivity index (χ0n) is 14.2. The van der Waals surface area contributed by atoms with Crippen molar-refractivity contribution >= 4 is 24.0 Å². The monoisotopic (exact) mass is 337 g/mol. The molecule has 0 aliphatic carbocycles. The number of halogens is 1.